The molecule has 2 aromatic rings. The van der Waals surface area contributed by atoms with Gasteiger partial charge in [0.25, 0.3) is 0 Å². The number of anilines is 1. The van der Waals surface area contributed by atoms with E-state index >= 15 is 0 Å². The number of methoxy groups -OCH3 is 1. The average molecular weight is 294 g/mol. The lowest BCUT2D eigenvalue weighted by atomic mass is 10.3. The van der Waals surface area contributed by atoms with E-state index in [0.717, 1.165) is 41.9 Å². The molecule has 110 valence electrons. The Balaban J connectivity index is 2.04. The molecule has 20 heavy (non-hydrogen) atoms. The van der Waals surface area contributed by atoms with Crippen LogP contribution in [0.1, 0.15) is 35.8 Å². The lowest BCUT2D eigenvalue weighted by Crippen LogP contribution is -2.12. The number of aryl methyl sites for hydroxylation is 3. The summed E-state index contributed by atoms with van der Waals surface area (Å²) >= 11 is 1.68. The van der Waals surface area contributed by atoms with E-state index in [1.54, 1.807) is 18.4 Å². The molecule has 0 radical (unpaired) electrons. The zero-order valence-electron chi connectivity index (χ0n) is 12.5. The molecule has 1 atom stereocenters. The van der Waals surface area contributed by atoms with Gasteiger partial charge in [-0.3, -0.25) is 0 Å². The van der Waals surface area contributed by atoms with E-state index in [4.69, 9.17) is 4.74 Å². The molecular weight excluding hydrogens is 272 g/mol. The lowest BCUT2D eigenvalue weighted by molar-refractivity contribution is 0.190. The van der Waals surface area contributed by atoms with Crippen molar-refractivity contribution in [1.82, 2.24) is 14.5 Å². The molecule has 2 aromatic heterocycles. The monoisotopic (exact) mass is 294 g/mol. The molecule has 0 aliphatic heterocycles. The van der Waals surface area contributed by atoms with Crippen LogP contribution in [0.2, 0.25) is 0 Å². The van der Waals surface area contributed by atoms with Crippen molar-refractivity contribution in [3.05, 3.63) is 28.0 Å². The minimum Gasteiger partial charge on any atom is -0.385 e. The van der Waals surface area contributed by atoms with Crippen LogP contribution in [0.3, 0.4) is 0 Å². The molecule has 0 bridgehead atoms. The molecule has 1 N–H and O–H groups in total. The summed E-state index contributed by atoms with van der Waals surface area (Å²) in [6.45, 7) is 7.80. The molecular formula is C14H22N4OS. The number of hydrogen-bond donors (Lipinski definition) is 1. The maximum absolute atomic E-state index is 5.10. The van der Waals surface area contributed by atoms with Crippen molar-refractivity contribution in [1.29, 1.82) is 0 Å². The van der Waals surface area contributed by atoms with Crippen LogP contribution in [0.15, 0.2) is 11.6 Å². The summed E-state index contributed by atoms with van der Waals surface area (Å²) < 4.78 is 7.25. The number of aromatic nitrogens is 3. The molecule has 6 heteroatoms. The molecule has 5 nitrogen and oxygen atoms in total. The third-order valence-electron chi connectivity index (χ3n) is 3.00. The smallest absolute Gasteiger partial charge is 0.203 e. The Morgan fingerprint density at radius 3 is 2.80 bits per heavy atom. The third kappa shape index (κ3) is 3.80. The number of rotatable bonds is 7. The normalized spacial score (nSPS) is 12.6. The Morgan fingerprint density at radius 1 is 1.35 bits per heavy atom. The van der Waals surface area contributed by atoms with Crippen LogP contribution in [0.25, 0.3) is 0 Å². The first-order valence-corrected chi connectivity index (χ1v) is 7.69. The minimum atomic E-state index is 0.164. The first kappa shape index (κ1) is 15.0. The highest BCUT2D eigenvalue weighted by atomic mass is 32.1. The van der Waals surface area contributed by atoms with Crippen LogP contribution in [0.4, 0.5) is 5.95 Å². The Hall–Kier alpha value is -1.40. The van der Waals surface area contributed by atoms with Crippen LogP contribution in [0.5, 0.6) is 0 Å². The maximum Gasteiger partial charge on any atom is 0.203 e. The molecule has 0 aliphatic rings. The minimum absolute atomic E-state index is 0.164. The zero-order chi connectivity index (χ0) is 14.5. The van der Waals surface area contributed by atoms with Gasteiger partial charge in [0.15, 0.2) is 0 Å². The van der Waals surface area contributed by atoms with E-state index < -0.39 is 0 Å². The predicted octanol–water partition coefficient (Wildman–Crippen LogP) is 3.17. The zero-order valence-corrected chi connectivity index (χ0v) is 13.3. The third-order valence-corrected chi connectivity index (χ3v) is 4.14. The van der Waals surface area contributed by atoms with Crippen LogP contribution in [-0.2, 0) is 11.3 Å². The van der Waals surface area contributed by atoms with Crippen molar-refractivity contribution in [2.45, 2.75) is 39.8 Å². The summed E-state index contributed by atoms with van der Waals surface area (Å²) in [5.74, 6) is 0.902. The fourth-order valence-electron chi connectivity index (χ4n) is 2.04. The van der Waals surface area contributed by atoms with Gasteiger partial charge in [0.05, 0.1) is 11.7 Å². The fourth-order valence-corrected chi connectivity index (χ4v) is 2.84. The molecule has 0 aromatic carbocycles. The second-order valence-electron chi connectivity index (χ2n) is 4.94. The van der Waals surface area contributed by atoms with Crippen molar-refractivity contribution in [3.8, 4) is 0 Å². The summed E-state index contributed by atoms with van der Waals surface area (Å²) in [4.78, 5) is 9.07. The van der Waals surface area contributed by atoms with Crippen molar-refractivity contribution in [2.75, 3.05) is 19.0 Å². The standard InChI is InChI=1S/C14H22N4OS/c1-10-8-18(6-5-7-19-4)14(16-10)17-12(3)13-15-11(2)9-20-13/h8-9,12H,5-7H2,1-4H3,(H,16,17). The number of hydrogen-bond acceptors (Lipinski definition) is 5. The van der Waals surface area contributed by atoms with E-state index in [-0.39, 0.29) is 6.04 Å². The van der Waals surface area contributed by atoms with Gasteiger partial charge in [-0.25, -0.2) is 9.97 Å². The molecule has 0 saturated heterocycles. The molecule has 0 aliphatic carbocycles. The van der Waals surface area contributed by atoms with E-state index in [1.807, 2.05) is 13.8 Å². The van der Waals surface area contributed by atoms with Crippen LogP contribution >= 0.6 is 11.3 Å². The molecule has 0 fully saturated rings. The quantitative estimate of drug-likeness (QED) is 0.797. The average Bonchev–Trinajstić information content (AvgIpc) is 2.97. The van der Waals surface area contributed by atoms with Gasteiger partial charge in [-0.1, -0.05) is 0 Å². The van der Waals surface area contributed by atoms with Gasteiger partial charge in [-0.15, -0.1) is 11.3 Å². The molecule has 1 unspecified atom stereocenters. The fraction of sp³-hybridized carbons (Fsp3) is 0.571. The first-order chi connectivity index (χ1) is 9.60. The van der Waals surface area contributed by atoms with Crippen molar-refractivity contribution in [3.63, 3.8) is 0 Å². The number of thiazole rings is 1. The summed E-state index contributed by atoms with van der Waals surface area (Å²) in [7, 11) is 1.73. The van der Waals surface area contributed by atoms with Crippen LogP contribution < -0.4 is 5.32 Å². The first-order valence-electron chi connectivity index (χ1n) is 6.81. The van der Waals surface area contributed by atoms with E-state index in [2.05, 4.69) is 38.4 Å². The highest BCUT2D eigenvalue weighted by Crippen LogP contribution is 2.22. The molecule has 0 spiro atoms. The number of imidazole rings is 1. The summed E-state index contributed by atoms with van der Waals surface area (Å²) in [6, 6.07) is 0.164. The topological polar surface area (TPSA) is 52.0 Å². The Labute approximate surface area is 124 Å². The Morgan fingerprint density at radius 2 is 2.15 bits per heavy atom. The lowest BCUT2D eigenvalue weighted by Gasteiger charge is -2.14. The summed E-state index contributed by atoms with van der Waals surface area (Å²) in [5, 5.41) is 6.61. The molecule has 0 saturated carbocycles. The molecule has 2 heterocycles. The number of nitrogens with one attached hydrogen (secondary N) is 1. The Bertz CT molecular complexity index is 549. The summed E-state index contributed by atoms with van der Waals surface area (Å²) in [6.07, 6.45) is 3.05. The van der Waals surface area contributed by atoms with Crippen molar-refractivity contribution >= 4 is 17.3 Å². The maximum atomic E-state index is 5.10. The Kier molecular flexibility index (Phi) is 5.14. The van der Waals surface area contributed by atoms with Gasteiger partial charge in [0.1, 0.15) is 5.01 Å². The number of nitrogens with zero attached hydrogens (tertiary/aromatic N) is 3. The molecule has 2 rings (SSSR count). The van der Waals surface area contributed by atoms with Gasteiger partial charge in [-0.2, -0.15) is 0 Å². The molecule has 0 amide bonds. The van der Waals surface area contributed by atoms with Crippen LogP contribution in [0, 0.1) is 13.8 Å². The van der Waals surface area contributed by atoms with Gasteiger partial charge < -0.3 is 14.6 Å². The SMILES string of the molecule is COCCCn1cc(C)nc1NC(C)c1nc(C)cs1. The predicted molar refractivity (Wildman–Crippen MR) is 82.3 cm³/mol. The highest BCUT2D eigenvalue weighted by molar-refractivity contribution is 7.09. The van der Waals surface area contributed by atoms with Gasteiger partial charge >= 0.3 is 0 Å². The second-order valence-corrected chi connectivity index (χ2v) is 5.83. The van der Waals surface area contributed by atoms with E-state index in [0.29, 0.717) is 0 Å². The van der Waals surface area contributed by atoms with Crippen molar-refractivity contribution in [2.24, 2.45) is 0 Å². The van der Waals surface area contributed by atoms with E-state index in [1.165, 1.54) is 0 Å². The van der Waals surface area contributed by atoms with Gasteiger partial charge in [0.2, 0.25) is 5.95 Å². The van der Waals surface area contributed by atoms with Gasteiger partial charge in [-0.05, 0) is 27.2 Å². The van der Waals surface area contributed by atoms with E-state index in [9.17, 15) is 0 Å². The number of ether oxygens (including phenoxy) is 1. The largest absolute Gasteiger partial charge is 0.385 e. The highest BCUT2D eigenvalue weighted by Gasteiger charge is 2.13. The second kappa shape index (κ2) is 6.85. The van der Waals surface area contributed by atoms with Crippen LogP contribution in [-0.4, -0.2) is 28.3 Å². The summed E-state index contributed by atoms with van der Waals surface area (Å²) in [5.41, 5.74) is 2.09. The van der Waals surface area contributed by atoms with Gasteiger partial charge in [0, 0.05) is 37.5 Å². The van der Waals surface area contributed by atoms with Crippen molar-refractivity contribution < 1.29 is 4.74 Å².